The molecule has 1 atom stereocenters. The number of likely N-dealkylation sites (tertiary alicyclic amines) is 1. The predicted octanol–water partition coefficient (Wildman–Crippen LogP) is 5.33. The highest BCUT2D eigenvalue weighted by Gasteiger charge is 2.30. The zero-order valence-electron chi connectivity index (χ0n) is 16.7. The quantitative estimate of drug-likeness (QED) is 0.489. The maximum absolute atomic E-state index is 13.0. The summed E-state index contributed by atoms with van der Waals surface area (Å²) < 4.78 is 0. The van der Waals surface area contributed by atoms with Crippen LogP contribution in [0, 0.1) is 0 Å². The molecule has 3 aliphatic rings. The van der Waals surface area contributed by atoms with Gasteiger partial charge in [-0.2, -0.15) is 0 Å². The molecule has 2 fully saturated rings. The Hall–Kier alpha value is -1.14. The number of carbonyl (C=O) groups excluding carboxylic acids is 1. The molecule has 2 aromatic rings. The maximum atomic E-state index is 13.0. The first-order valence-corrected chi connectivity index (χ1v) is 12.8. The minimum absolute atomic E-state index is 0.292. The largest absolute Gasteiger partial charge is 0.339 e. The molecule has 0 aromatic carbocycles. The molecule has 1 aliphatic heterocycles. The van der Waals surface area contributed by atoms with Gasteiger partial charge in [-0.15, -0.1) is 11.3 Å². The van der Waals surface area contributed by atoms with Crippen molar-refractivity contribution >= 4 is 39.2 Å². The van der Waals surface area contributed by atoms with Crippen molar-refractivity contribution in [2.24, 2.45) is 0 Å². The van der Waals surface area contributed by atoms with Gasteiger partial charge in [0, 0.05) is 28.8 Å². The average Bonchev–Trinajstić information content (AvgIpc) is 3.52. The highest BCUT2D eigenvalue weighted by Crippen LogP contribution is 2.44. The van der Waals surface area contributed by atoms with E-state index in [1.807, 2.05) is 11.3 Å². The van der Waals surface area contributed by atoms with E-state index in [0.717, 1.165) is 43.1 Å². The molecule has 6 heteroatoms. The van der Waals surface area contributed by atoms with E-state index >= 15 is 0 Å². The van der Waals surface area contributed by atoms with Crippen LogP contribution in [0.3, 0.4) is 0 Å². The number of carbonyl (C=O) groups is 1. The van der Waals surface area contributed by atoms with Crippen LogP contribution in [0.5, 0.6) is 0 Å². The van der Waals surface area contributed by atoms with Crippen molar-refractivity contribution in [3.8, 4) is 0 Å². The van der Waals surface area contributed by atoms with Gasteiger partial charge in [0.2, 0.25) is 5.91 Å². The van der Waals surface area contributed by atoms with E-state index in [1.165, 1.54) is 59.2 Å². The summed E-state index contributed by atoms with van der Waals surface area (Å²) in [5.74, 6) is 2.37. The lowest BCUT2D eigenvalue weighted by atomic mass is 9.97. The number of thiophene rings is 1. The van der Waals surface area contributed by atoms with Crippen molar-refractivity contribution in [2.45, 2.75) is 88.1 Å². The maximum Gasteiger partial charge on any atom is 0.233 e. The summed E-state index contributed by atoms with van der Waals surface area (Å²) in [5.41, 5.74) is 1.48. The third-order valence-electron chi connectivity index (χ3n) is 6.49. The fourth-order valence-corrected chi connectivity index (χ4v) is 7.02. The van der Waals surface area contributed by atoms with Crippen molar-refractivity contribution in [3.63, 3.8) is 0 Å². The SMILES string of the molecule is CC[C@@H]1CCCCN1C(=O)CSc1nc(C2CC2)nc2sc3c(c12)CCCC3. The average molecular weight is 416 g/mol. The van der Waals surface area contributed by atoms with Gasteiger partial charge < -0.3 is 4.90 Å². The lowest BCUT2D eigenvalue weighted by molar-refractivity contribution is -0.132. The number of fused-ring (bicyclic) bond motifs is 3. The number of aryl methyl sites for hydroxylation is 2. The van der Waals surface area contributed by atoms with Gasteiger partial charge in [-0.25, -0.2) is 9.97 Å². The summed E-state index contributed by atoms with van der Waals surface area (Å²) in [6.45, 7) is 3.13. The molecule has 0 radical (unpaired) electrons. The molecule has 3 heterocycles. The van der Waals surface area contributed by atoms with E-state index in [2.05, 4.69) is 11.8 Å². The van der Waals surface area contributed by atoms with Gasteiger partial charge in [-0.3, -0.25) is 4.79 Å². The second-order valence-corrected chi connectivity index (χ2v) is 10.5. The molecule has 150 valence electrons. The van der Waals surface area contributed by atoms with E-state index in [1.54, 1.807) is 11.8 Å². The number of piperidine rings is 1. The van der Waals surface area contributed by atoms with Gasteiger partial charge in [-0.05, 0) is 69.8 Å². The zero-order chi connectivity index (χ0) is 19.1. The van der Waals surface area contributed by atoms with Gasteiger partial charge in [0.25, 0.3) is 0 Å². The Morgan fingerprint density at radius 1 is 1.14 bits per heavy atom. The van der Waals surface area contributed by atoms with Gasteiger partial charge in [0.05, 0.1) is 5.75 Å². The lowest BCUT2D eigenvalue weighted by Gasteiger charge is -2.35. The fraction of sp³-hybridized carbons (Fsp3) is 0.682. The van der Waals surface area contributed by atoms with E-state index in [0.29, 0.717) is 23.6 Å². The van der Waals surface area contributed by atoms with Crippen LogP contribution in [0.1, 0.15) is 80.5 Å². The smallest absolute Gasteiger partial charge is 0.233 e. The van der Waals surface area contributed by atoms with E-state index < -0.39 is 0 Å². The first-order valence-electron chi connectivity index (χ1n) is 11.0. The Labute approximate surface area is 175 Å². The van der Waals surface area contributed by atoms with Crippen molar-refractivity contribution in [1.29, 1.82) is 0 Å². The molecule has 4 nitrogen and oxygen atoms in total. The summed E-state index contributed by atoms with van der Waals surface area (Å²) in [6.07, 6.45) is 11.9. The summed E-state index contributed by atoms with van der Waals surface area (Å²) in [6, 6.07) is 0.434. The molecular formula is C22H29N3OS2. The number of aromatic nitrogens is 2. The van der Waals surface area contributed by atoms with Gasteiger partial charge in [0.1, 0.15) is 15.7 Å². The summed E-state index contributed by atoms with van der Waals surface area (Å²) in [4.78, 5) is 27.8. The first kappa shape index (κ1) is 18.9. The second-order valence-electron chi connectivity index (χ2n) is 8.49. The molecule has 5 rings (SSSR count). The van der Waals surface area contributed by atoms with Crippen LogP contribution in [0.2, 0.25) is 0 Å². The highest BCUT2D eigenvalue weighted by atomic mass is 32.2. The van der Waals surface area contributed by atoms with Crippen LogP contribution < -0.4 is 0 Å². The van der Waals surface area contributed by atoms with E-state index in [9.17, 15) is 4.79 Å². The van der Waals surface area contributed by atoms with Crippen LogP contribution in [-0.4, -0.2) is 39.1 Å². The second kappa shape index (κ2) is 7.94. The summed E-state index contributed by atoms with van der Waals surface area (Å²) in [7, 11) is 0. The standard InChI is InChI=1S/C22H29N3OS2/c1-2-15-7-5-6-12-25(15)18(26)13-27-21-19-16-8-3-4-9-17(16)28-22(19)24-20(23-21)14-10-11-14/h14-15H,2-13H2,1H3/t15-/m1/s1. The van der Waals surface area contributed by atoms with Gasteiger partial charge in [-0.1, -0.05) is 18.7 Å². The number of nitrogens with zero attached hydrogens (tertiary/aromatic N) is 3. The number of hydrogen-bond donors (Lipinski definition) is 0. The Morgan fingerprint density at radius 3 is 2.82 bits per heavy atom. The molecule has 1 saturated carbocycles. The molecule has 28 heavy (non-hydrogen) atoms. The Morgan fingerprint density at radius 2 is 2.00 bits per heavy atom. The monoisotopic (exact) mass is 415 g/mol. The van der Waals surface area contributed by atoms with Gasteiger partial charge in [0.15, 0.2) is 0 Å². The number of amides is 1. The van der Waals surface area contributed by atoms with Crippen molar-refractivity contribution in [3.05, 3.63) is 16.3 Å². The van der Waals surface area contributed by atoms with E-state index in [4.69, 9.17) is 9.97 Å². The zero-order valence-corrected chi connectivity index (χ0v) is 18.3. The minimum atomic E-state index is 0.292. The predicted molar refractivity (Wildman–Crippen MR) is 116 cm³/mol. The Balaban J connectivity index is 1.42. The molecular weight excluding hydrogens is 386 g/mol. The minimum Gasteiger partial charge on any atom is -0.339 e. The van der Waals surface area contributed by atoms with Crippen molar-refractivity contribution in [2.75, 3.05) is 12.3 Å². The van der Waals surface area contributed by atoms with Crippen LogP contribution in [-0.2, 0) is 17.6 Å². The van der Waals surface area contributed by atoms with Crippen LogP contribution in [0.25, 0.3) is 10.2 Å². The molecule has 0 spiro atoms. The molecule has 0 bridgehead atoms. The molecule has 0 unspecified atom stereocenters. The molecule has 1 amide bonds. The van der Waals surface area contributed by atoms with E-state index in [-0.39, 0.29) is 0 Å². The Bertz CT molecular complexity index is 890. The normalized spacial score (nSPS) is 22.5. The van der Waals surface area contributed by atoms with Crippen molar-refractivity contribution in [1.82, 2.24) is 14.9 Å². The van der Waals surface area contributed by atoms with Crippen LogP contribution >= 0.6 is 23.1 Å². The molecule has 2 aliphatic carbocycles. The molecule has 1 saturated heterocycles. The number of rotatable bonds is 5. The first-order chi connectivity index (χ1) is 13.7. The number of thioether (sulfide) groups is 1. The Kier molecular flexibility index (Phi) is 5.35. The van der Waals surface area contributed by atoms with Gasteiger partial charge >= 0.3 is 0 Å². The number of hydrogen-bond acceptors (Lipinski definition) is 5. The lowest BCUT2D eigenvalue weighted by Crippen LogP contribution is -2.44. The van der Waals surface area contributed by atoms with Crippen molar-refractivity contribution < 1.29 is 4.79 Å². The summed E-state index contributed by atoms with van der Waals surface area (Å²) >= 11 is 3.55. The van der Waals surface area contributed by atoms with Crippen LogP contribution in [0.4, 0.5) is 0 Å². The third-order valence-corrected chi connectivity index (χ3v) is 8.64. The summed E-state index contributed by atoms with van der Waals surface area (Å²) in [5, 5.41) is 2.34. The topological polar surface area (TPSA) is 46.1 Å². The molecule has 2 aromatic heterocycles. The van der Waals surface area contributed by atoms with Crippen LogP contribution in [0.15, 0.2) is 5.03 Å². The molecule has 0 N–H and O–H groups in total. The highest BCUT2D eigenvalue weighted by molar-refractivity contribution is 8.00. The third kappa shape index (κ3) is 3.58. The fourth-order valence-electron chi connectivity index (χ4n) is 4.73.